The highest BCUT2D eigenvalue weighted by Crippen LogP contribution is 2.42. The fourth-order valence-corrected chi connectivity index (χ4v) is 6.35. The van der Waals surface area contributed by atoms with E-state index in [1.54, 1.807) is 0 Å². The van der Waals surface area contributed by atoms with Crippen LogP contribution in [0.25, 0.3) is 0 Å². The third-order valence-corrected chi connectivity index (χ3v) is 9.98. The molecule has 9 nitrogen and oxygen atoms in total. The van der Waals surface area contributed by atoms with Crippen LogP contribution in [-0.2, 0) is 27.9 Å². The van der Waals surface area contributed by atoms with Gasteiger partial charge in [0, 0.05) is 19.4 Å². The summed E-state index contributed by atoms with van der Waals surface area (Å²) in [7, 11) is -4.44. The lowest BCUT2D eigenvalue weighted by atomic mass is 10.1. The predicted octanol–water partition coefficient (Wildman–Crippen LogP) is 13.0. The van der Waals surface area contributed by atoms with Crippen LogP contribution in [0.5, 0.6) is 0 Å². The molecule has 59 heavy (non-hydrogen) atoms. The Morgan fingerprint density at radius 1 is 0.542 bits per heavy atom. The van der Waals surface area contributed by atoms with Crippen LogP contribution >= 0.6 is 7.82 Å². The van der Waals surface area contributed by atoms with Crippen LogP contribution in [0.4, 0.5) is 0 Å². The number of unbranched alkanes of at least 4 members (excludes halogenated alkanes) is 12. The molecule has 1 amide bonds. The van der Waals surface area contributed by atoms with Crippen LogP contribution in [0.2, 0.25) is 0 Å². The molecule has 0 aliphatic heterocycles. The number of ether oxygens (including phenoxy) is 1. The Kier molecular flexibility index (Phi) is 42.2. The summed E-state index contributed by atoms with van der Waals surface area (Å²) in [6.07, 6.45) is 57.7. The van der Waals surface area contributed by atoms with E-state index in [1.165, 1.54) is 44.9 Å². The minimum Gasteiger partial charge on any atom is -0.463 e. The summed E-state index contributed by atoms with van der Waals surface area (Å²) in [6.45, 7) is 3.33. The van der Waals surface area contributed by atoms with Gasteiger partial charge in [-0.25, -0.2) is 4.57 Å². The number of rotatable bonds is 41. The molecule has 0 fully saturated rings. The Morgan fingerprint density at radius 3 is 1.51 bits per heavy atom. The van der Waals surface area contributed by atoms with Crippen molar-refractivity contribution in [3.63, 3.8) is 0 Å². The van der Waals surface area contributed by atoms with Crippen LogP contribution in [0.15, 0.2) is 97.2 Å². The van der Waals surface area contributed by atoms with Crippen molar-refractivity contribution >= 4 is 19.7 Å². The largest absolute Gasteiger partial charge is 0.472 e. The number of hydrogen-bond acceptors (Lipinski definition) is 7. The first-order valence-corrected chi connectivity index (χ1v) is 24.2. The van der Waals surface area contributed by atoms with Crippen LogP contribution in [-0.4, -0.2) is 54.3 Å². The van der Waals surface area contributed by atoms with Gasteiger partial charge in [-0.3, -0.25) is 18.6 Å². The van der Waals surface area contributed by atoms with Crippen molar-refractivity contribution in [1.82, 2.24) is 5.32 Å². The van der Waals surface area contributed by atoms with Crippen LogP contribution in [0.3, 0.4) is 0 Å². The Morgan fingerprint density at radius 2 is 0.983 bits per heavy atom. The lowest BCUT2D eigenvalue weighted by Crippen LogP contribution is -2.27. The van der Waals surface area contributed by atoms with Gasteiger partial charge in [0.2, 0.25) is 5.91 Å². The van der Waals surface area contributed by atoms with Crippen molar-refractivity contribution in [3.8, 4) is 0 Å². The van der Waals surface area contributed by atoms with Gasteiger partial charge in [-0.2, -0.15) is 0 Å². The van der Waals surface area contributed by atoms with Crippen LogP contribution in [0.1, 0.15) is 168 Å². The Labute approximate surface area is 359 Å². The molecule has 0 bridgehead atoms. The molecule has 0 aliphatic rings. The average molecular weight is 844 g/mol. The van der Waals surface area contributed by atoms with E-state index in [1.807, 2.05) is 0 Å². The maximum Gasteiger partial charge on any atom is 0.472 e. The molecule has 10 heteroatoms. The molecule has 0 aromatic heterocycles. The fraction of sp³-hybridized carbons (Fsp3) is 0.633. The zero-order valence-corrected chi connectivity index (χ0v) is 37.8. The van der Waals surface area contributed by atoms with Crippen LogP contribution in [0, 0.1) is 0 Å². The number of nitrogens with one attached hydrogen (secondary N) is 1. The van der Waals surface area contributed by atoms with Gasteiger partial charge >= 0.3 is 13.8 Å². The quantitative estimate of drug-likeness (QED) is 0.0240. The molecule has 2 atom stereocenters. The molecule has 0 heterocycles. The number of phosphoric ester groups is 1. The third-order valence-electron chi connectivity index (χ3n) is 9.00. The highest BCUT2D eigenvalue weighted by atomic mass is 31.2. The number of esters is 1. The highest BCUT2D eigenvalue weighted by molar-refractivity contribution is 7.47. The minimum atomic E-state index is -4.44. The van der Waals surface area contributed by atoms with Crippen LogP contribution < -0.4 is 5.32 Å². The van der Waals surface area contributed by atoms with Gasteiger partial charge in [0.15, 0.2) is 0 Å². The van der Waals surface area contributed by atoms with Crippen molar-refractivity contribution in [3.05, 3.63) is 97.2 Å². The zero-order valence-electron chi connectivity index (χ0n) is 36.9. The Hall–Kier alpha value is -3.07. The Balaban J connectivity index is 3.73. The van der Waals surface area contributed by atoms with Gasteiger partial charge in [-0.15, -0.1) is 0 Å². The predicted molar refractivity (Wildman–Crippen MR) is 247 cm³/mol. The first kappa shape index (κ1) is 55.9. The monoisotopic (exact) mass is 844 g/mol. The molecule has 336 valence electrons. The van der Waals surface area contributed by atoms with Gasteiger partial charge in [0.05, 0.1) is 13.2 Å². The number of allylic oxidation sites excluding steroid dienone is 16. The summed E-state index contributed by atoms with van der Waals surface area (Å²) < 4.78 is 26.9. The summed E-state index contributed by atoms with van der Waals surface area (Å²) in [5, 5.41) is 12.7. The molecule has 0 radical (unpaired) electrons. The molecule has 0 aromatic carbocycles. The van der Waals surface area contributed by atoms with Crippen molar-refractivity contribution in [2.75, 3.05) is 26.4 Å². The normalized spacial score (nSPS) is 14.2. The van der Waals surface area contributed by atoms with E-state index < -0.39 is 26.5 Å². The van der Waals surface area contributed by atoms with E-state index in [-0.39, 0.29) is 32.1 Å². The van der Waals surface area contributed by atoms with Crippen molar-refractivity contribution in [2.45, 2.75) is 174 Å². The number of aliphatic hydroxyl groups is 1. The van der Waals surface area contributed by atoms with Crippen molar-refractivity contribution in [2.24, 2.45) is 0 Å². The summed E-state index contributed by atoms with van der Waals surface area (Å²) in [5.74, 6) is -0.593. The molecule has 2 unspecified atom stereocenters. The second-order valence-electron chi connectivity index (χ2n) is 14.6. The van der Waals surface area contributed by atoms with Crippen molar-refractivity contribution in [1.29, 1.82) is 0 Å². The maximum atomic E-state index is 12.1. The lowest BCUT2D eigenvalue weighted by molar-refractivity contribution is -0.147. The first-order valence-electron chi connectivity index (χ1n) is 22.7. The van der Waals surface area contributed by atoms with E-state index in [9.17, 15) is 24.2 Å². The molecule has 0 spiro atoms. The number of amides is 1. The van der Waals surface area contributed by atoms with Gasteiger partial charge in [0.25, 0.3) is 0 Å². The smallest absolute Gasteiger partial charge is 0.463 e. The fourth-order valence-electron chi connectivity index (χ4n) is 5.60. The van der Waals surface area contributed by atoms with E-state index in [0.29, 0.717) is 12.8 Å². The summed E-state index contributed by atoms with van der Waals surface area (Å²) in [4.78, 5) is 33.9. The third kappa shape index (κ3) is 45.9. The number of carbonyl (C=O) groups excluding carboxylic acids is 2. The lowest BCUT2D eigenvalue weighted by Gasteiger charge is -2.15. The maximum absolute atomic E-state index is 12.1. The molecule has 0 aromatic rings. The standard InChI is InChI=1S/C49H82NO8P/c1-3-5-7-9-11-13-15-17-19-20-21-22-23-24-25-26-28-29-31-33-35-37-39-41-48(52)50-43-44-57-59(54,55)58-46-47(51)45-56-49(53)42-40-38-36-34-32-30-27-18-16-14-12-10-8-6-4-2/h5,7,11,13,17-19,21-22,24-25,27-29,33,35,47,51H,3-4,6,8-10,12,14-16,20,23,26,30-32,34,36-46H2,1-2H3,(H,50,52)(H,54,55)/b7-5-,13-11-,19-17-,22-21-,25-24-,27-18-,29-28-,35-33-. The van der Waals surface area contributed by atoms with Gasteiger partial charge in [-0.1, -0.05) is 162 Å². The van der Waals surface area contributed by atoms with E-state index in [2.05, 4.69) is 116 Å². The van der Waals surface area contributed by atoms with E-state index in [4.69, 9.17) is 13.8 Å². The second-order valence-corrected chi connectivity index (χ2v) is 16.1. The van der Waals surface area contributed by atoms with Gasteiger partial charge in [-0.05, 0) is 89.9 Å². The molecule has 0 saturated carbocycles. The summed E-state index contributed by atoms with van der Waals surface area (Å²) in [6, 6.07) is 0. The topological polar surface area (TPSA) is 131 Å². The average Bonchev–Trinajstić information content (AvgIpc) is 3.22. The number of aliphatic hydroxyl groups excluding tert-OH is 1. The molecule has 0 aliphatic carbocycles. The van der Waals surface area contributed by atoms with Crippen molar-refractivity contribution < 1.29 is 37.9 Å². The highest BCUT2D eigenvalue weighted by Gasteiger charge is 2.23. The van der Waals surface area contributed by atoms with E-state index in [0.717, 1.165) is 89.9 Å². The molecule has 3 N–H and O–H groups in total. The first-order chi connectivity index (χ1) is 28.8. The van der Waals surface area contributed by atoms with E-state index >= 15 is 0 Å². The molecule has 0 rings (SSSR count). The second kappa shape index (κ2) is 44.5. The summed E-state index contributed by atoms with van der Waals surface area (Å²) in [5.41, 5.74) is 0. The van der Waals surface area contributed by atoms with Gasteiger partial charge < -0.3 is 20.1 Å². The zero-order chi connectivity index (χ0) is 43.2. The molecule has 0 saturated heterocycles. The number of hydrogen-bond donors (Lipinski definition) is 3. The van der Waals surface area contributed by atoms with Gasteiger partial charge in [0.1, 0.15) is 12.7 Å². The summed E-state index contributed by atoms with van der Waals surface area (Å²) >= 11 is 0. The number of phosphoric acid groups is 1. The number of carbonyl (C=O) groups is 2. The molecular weight excluding hydrogens is 762 g/mol. The minimum absolute atomic E-state index is 0.0434. The molecular formula is C49H82NO8P. The SMILES string of the molecule is CC/C=C\C/C=C\C/C=C\C/C=C\C/C=C\C/C=C\C/C=C\CCCC(=O)NCCOP(=O)(O)OCC(O)COC(=O)CCCCCCC/C=C\CCCCCCCC. The Bertz CT molecular complexity index is 1280.